The van der Waals surface area contributed by atoms with Gasteiger partial charge in [0.25, 0.3) is 0 Å². The van der Waals surface area contributed by atoms with E-state index in [4.69, 9.17) is 0 Å². The first kappa shape index (κ1) is 16.9. The van der Waals surface area contributed by atoms with Crippen LogP contribution in [0, 0.1) is 5.92 Å². The average molecular weight is 425 g/mol. The summed E-state index contributed by atoms with van der Waals surface area (Å²) >= 11 is 3.53. The first-order valence-electron chi connectivity index (χ1n) is 9.54. The Morgan fingerprint density at radius 3 is 2.74 bits per heavy atom. The monoisotopic (exact) mass is 424 g/mol. The van der Waals surface area contributed by atoms with Crippen molar-refractivity contribution in [2.24, 2.45) is 5.92 Å². The molecule has 1 aromatic carbocycles. The maximum atomic E-state index is 12.9. The van der Waals surface area contributed by atoms with E-state index in [0.717, 1.165) is 48.3 Å². The summed E-state index contributed by atoms with van der Waals surface area (Å²) in [5.41, 5.74) is 2.16. The number of hydrogen-bond donors (Lipinski definition) is 0. The van der Waals surface area contributed by atoms with E-state index in [1.165, 1.54) is 5.56 Å². The second kappa shape index (κ2) is 6.75. The fourth-order valence-electron chi connectivity index (χ4n) is 4.30. The summed E-state index contributed by atoms with van der Waals surface area (Å²) in [6.45, 7) is 1.62. The minimum absolute atomic E-state index is 0.157. The first-order chi connectivity index (χ1) is 13.2. The lowest BCUT2D eigenvalue weighted by atomic mass is 9.95. The Balaban J connectivity index is 1.23. The van der Waals surface area contributed by atoms with Crippen molar-refractivity contribution in [3.05, 3.63) is 64.5 Å². The molecule has 1 saturated carbocycles. The molecule has 0 radical (unpaired) electrons. The fraction of sp³-hybridized carbons (Fsp3) is 0.381. The highest BCUT2D eigenvalue weighted by molar-refractivity contribution is 9.10. The molecule has 0 N–H and O–H groups in total. The van der Waals surface area contributed by atoms with Crippen LogP contribution < -0.4 is 0 Å². The van der Waals surface area contributed by atoms with E-state index in [1.807, 2.05) is 36.5 Å². The maximum Gasteiger partial charge on any atom is 0.226 e. The number of pyridine rings is 1. The van der Waals surface area contributed by atoms with Crippen molar-refractivity contribution >= 4 is 27.5 Å². The zero-order chi connectivity index (χ0) is 18.4. The second-order valence-corrected chi connectivity index (χ2v) is 8.51. The number of nitrogens with zero attached hydrogens (tertiary/aromatic N) is 4. The van der Waals surface area contributed by atoms with Gasteiger partial charge < -0.3 is 4.90 Å². The Morgan fingerprint density at radius 1 is 1.07 bits per heavy atom. The van der Waals surface area contributed by atoms with Gasteiger partial charge in [-0.1, -0.05) is 34.1 Å². The normalized spacial score (nSPS) is 22.9. The molecule has 0 bridgehead atoms. The lowest BCUT2D eigenvalue weighted by molar-refractivity contribution is -0.133. The molecule has 27 heavy (non-hydrogen) atoms. The van der Waals surface area contributed by atoms with Crippen molar-refractivity contribution in [1.29, 1.82) is 0 Å². The van der Waals surface area contributed by atoms with Gasteiger partial charge in [0.15, 0.2) is 5.65 Å². The van der Waals surface area contributed by atoms with E-state index >= 15 is 0 Å². The number of carbonyl (C=O) groups excluding carboxylic acids is 1. The first-order valence-corrected chi connectivity index (χ1v) is 10.3. The van der Waals surface area contributed by atoms with Crippen LogP contribution in [-0.4, -0.2) is 38.5 Å². The van der Waals surface area contributed by atoms with Crippen molar-refractivity contribution in [2.75, 3.05) is 13.1 Å². The van der Waals surface area contributed by atoms with Gasteiger partial charge in [-0.2, -0.15) is 0 Å². The fourth-order valence-corrected chi connectivity index (χ4v) is 4.72. The Kier molecular flexibility index (Phi) is 4.23. The Bertz CT molecular complexity index is 993. The lowest BCUT2D eigenvalue weighted by Crippen LogP contribution is -2.39. The molecule has 5 nitrogen and oxygen atoms in total. The van der Waals surface area contributed by atoms with Crippen LogP contribution in [0.1, 0.15) is 42.5 Å². The molecule has 1 aliphatic heterocycles. The van der Waals surface area contributed by atoms with Crippen molar-refractivity contribution in [3.8, 4) is 0 Å². The summed E-state index contributed by atoms with van der Waals surface area (Å²) in [7, 11) is 0. The molecule has 3 aromatic rings. The van der Waals surface area contributed by atoms with Crippen LogP contribution in [-0.2, 0) is 4.79 Å². The number of halogens is 1. The van der Waals surface area contributed by atoms with Gasteiger partial charge in [-0.15, -0.1) is 10.2 Å². The molecule has 2 aliphatic rings. The molecule has 6 heteroatoms. The van der Waals surface area contributed by atoms with Gasteiger partial charge in [0.1, 0.15) is 5.82 Å². The van der Waals surface area contributed by atoms with Gasteiger partial charge in [0, 0.05) is 35.6 Å². The molecule has 2 fully saturated rings. The number of benzene rings is 1. The van der Waals surface area contributed by atoms with Crippen LogP contribution in [0.4, 0.5) is 0 Å². The standard InChI is InChI=1S/C21H21BrN4O/c22-16-5-3-4-15(12-16)17-13-18(17)21(27)25-10-7-14(8-11-25)20-24-23-19-6-1-2-9-26(19)20/h1-6,9,12,14,17-18H,7-8,10-11,13H2. The quantitative estimate of drug-likeness (QED) is 0.638. The number of amides is 1. The van der Waals surface area contributed by atoms with Gasteiger partial charge in [-0.25, -0.2) is 0 Å². The summed E-state index contributed by atoms with van der Waals surface area (Å²) in [4.78, 5) is 15.0. The second-order valence-electron chi connectivity index (χ2n) is 7.59. The number of hydrogen-bond acceptors (Lipinski definition) is 3. The van der Waals surface area contributed by atoms with E-state index in [2.05, 4.69) is 47.6 Å². The van der Waals surface area contributed by atoms with E-state index < -0.39 is 0 Å². The summed E-state index contributed by atoms with van der Waals surface area (Å²) in [6.07, 6.45) is 4.91. The van der Waals surface area contributed by atoms with Gasteiger partial charge >= 0.3 is 0 Å². The van der Waals surface area contributed by atoms with E-state index in [-0.39, 0.29) is 5.92 Å². The average Bonchev–Trinajstić information content (AvgIpc) is 3.39. The Hall–Kier alpha value is -2.21. The number of likely N-dealkylation sites (tertiary alicyclic amines) is 1. The van der Waals surface area contributed by atoms with Crippen molar-refractivity contribution in [1.82, 2.24) is 19.5 Å². The molecular weight excluding hydrogens is 404 g/mol. The lowest BCUT2D eigenvalue weighted by Gasteiger charge is -2.31. The predicted octanol–water partition coefficient (Wildman–Crippen LogP) is 4.00. The number of fused-ring (bicyclic) bond motifs is 1. The molecular formula is C21H21BrN4O. The summed E-state index contributed by atoms with van der Waals surface area (Å²) < 4.78 is 3.16. The van der Waals surface area contributed by atoms with Crippen molar-refractivity contribution < 1.29 is 4.79 Å². The minimum atomic E-state index is 0.157. The number of rotatable bonds is 3. The summed E-state index contributed by atoms with van der Waals surface area (Å²) in [6, 6.07) is 14.3. The van der Waals surface area contributed by atoms with Gasteiger partial charge in [-0.05, 0) is 55.0 Å². The van der Waals surface area contributed by atoms with E-state index in [1.54, 1.807) is 0 Å². The Morgan fingerprint density at radius 2 is 1.93 bits per heavy atom. The molecule has 1 aliphatic carbocycles. The molecule has 2 unspecified atom stereocenters. The van der Waals surface area contributed by atoms with Crippen LogP contribution in [0.2, 0.25) is 0 Å². The van der Waals surface area contributed by atoms with E-state index in [0.29, 0.717) is 17.7 Å². The van der Waals surface area contributed by atoms with Crippen LogP contribution >= 0.6 is 15.9 Å². The third kappa shape index (κ3) is 3.16. The highest BCUT2D eigenvalue weighted by Gasteiger charge is 2.46. The third-order valence-electron chi connectivity index (χ3n) is 5.90. The van der Waals surface area contributed by atoms with Gasteiger partial charge in [0.05, 0.1) is 0 Å². The number of carbonyl (C=O) groups is 1. The zero-order valence-corrected chi connectivity index (χ0v) is 16.5. The van der Waals surface area contributed by atoms with Crippen molar-refractivity contribution in [3.63, 3.8) is 0 Å². The molecule has 1 amide bonds. The van der Waals surface area contributed by atoms with Crippen molar-refractivity contribution in [2.45, 2.75) is 31.1 Å². The number of piperidine rings is 1. The number of aromatic nitrogens is 3. The third-order valence-corrected chi connectivity index (χ3v) is 6.39. The van der Waals surface area contributed by atoms with Crippen LogP contribution in [0.5, 0.6) is 0 Å². The predicted molar refractivity (Wildman–Crippen MR) is 107 cm³/mol. The minimum Gasteiger partial charge on any atom is -0.342 e. The SMILES string of the molecule is O=C(C1CC1c1cccc(Br)c1)N1CCC(c2nnc3ccccn23)CC1. The van der Waals surface area contributed by atoms with Gasteiger partial charge in [-0.3, -0.25) is 9.20 Å². The van der Waals surface area contributed by atoms with Gasteiger partial charge in [0.2, 0.25) is 5.91 Å². The molecule has 138 valence electrons. The smallest absolute Gasteiger partial charge is 0.226 e. The molecule has 2 aromatic heterocycles. The van der Waals surface area contributed by atoms with Crippen LogP contribution in [0.3, 0.4) is 0 Å². The zero-order valence-electron chi connectivity index (χ0n) is 15.0. The molecule has 0 spiro atoms. The van der Waals surface area contributed by atoms with E-state index in [9.17, 15) is 4.79 Å². The highest BCUT2D eigenvalue weighted by atomic mass is 79.9. The molecule has 5 rings (SSSR count). The topological polar surface area (TPSA) is 50.5 Å². The summed E-state index contributed by atoms with van der Waals surface area (Å²) in [5, 5.41) is 8.67. The largest absolute Gasteiger partial charge is 0.342 e. The molecule has 2 atom stereocenters. The Labute approximate surface area is 166 Å². The highest BCUT2D eigenvalue weighted by Crippen LogP contribution is 2.49. The van der Waals surface area contributed by atoms with Crippen LogP contribution in [0.25, 0.3) is 5.65 Å². The molecule has 3 heterocycles. The van der Waals surface area contributed by atoms with Crippen LogP contribution in [0.15, 0.2) is 53.1 Å². The molecule has 1 saturated heterocycles. The summed E-state index contributed by atoms with van der Waals surface area (Å²) in [5.74, 6) is 2.25. The maximum absolute atomic E-state index is 12.9.